The number of ether oxygens (including phenoxy) is 1. The molecule has 1 unspecified atom stereocenters. The molecule has 3 aromatic rings. The lowest BCUT2D eigenvalue weighted by molar-refractivity contribution is 0.0992. The number of rotatable bonds is 4. The quantitative estimate of drug-likeness (QED) is 0.762. The lowest BCUT2D eigenvalue weighted by atomic mass is 9.90. The molecule has 0 fully saturated rings. The van der Waals surface area contributed by atoms with Crippen LogP contribution in [-0.4, -0.2) is 30.5 Å². The topological polar surface area (TPSA) is 85.5 Å². The van der Waals surface area contributed by atoms with Crippen LogP contribution in [-0.2, 0) is 0 Å². The standard InChI is InChI=1S/C22H19N3O3/c1-25(16-8-5-9-24-12-16)22(27)15-10-17-19(14-6-3-2-4-7-14)13-28-20(17)18(11-15)21(23)26/h2-12,19H,13H2,1H3,(H2,23,26). The van der Waals surface area contributed by atoms with Crippen molar-refractivity contribution in [3.63, 3.8) is 0 Å². The molecule has 0 saturated carbocycles. The molecule has 6 nitrogen and oxygen atoms in total. The van der Waals surface area contributed by atoms with Crippen LogP contribution in [0.2, 0.25) is 0 Å². The second kappa shape index (κ2) is 7.15. The number of aromatic nitrogens is 1. The van der Waals surface area contributed by atoms with Crippen LogP contribution in [0, 0.1) is 0 Å². The van der Waals surface area contributed by atoms with Crippen LogP contribution >= 0.6 is 0 Å². The Hall–Kier alpha value is -3.67. The largest absolute Gasteiger partial charge is 0.491 e. The molecule has 2 heterocycles. The zero-order valence-electron chi connectivity index (χ0n) is 15.3. The van der Waals surface area contributed by atoms with Crippen LogP contribution in [0.25, 0.3) is 0 Å². The Balaban J connectivity index is 1.79. The monoisotopic (exact) mass is 373 g/mol. The fourth-order valence-electron chi connectivity index (χ4n) is 3.46. The molecular formula is C22H19N3O3. The molecule has 1 atom stereocenters. The second-order valence-corrected chi connectivity index (χ2v) is 6.66. The first-order valence-corrected chi connectivity index (χ1v) is 8.90. The minimum absolute atomic E-state index is 0.0641. The number of hydrogen-bond acceptors (Lipinski definition) is 4. The molecule has 28 heavy (non-hydrogen) atoms. The average Bonchev–Trinajstić information content (AvgIpc) is 3.17. The Labute approximate surface area is 162 Å². The first-order valence-electron chi connectivity index (χ1n) is 8.90. The van der Waals surface area contributed by atoms with E-state index in [1.54, 1.807) is 37.6 Å². The van der Waals surface area contributed by atoms with Gasteiger partial charge in [-0.3, -0.25) is 14.6 Å². The Kier molecular flexibility index (Phi) is 4.53. The number of benzene rings is 2. The van der Waals surface area contributed by atoms with Crippen LogP contribution in [0.5, 0.6) is 5.75 Å². The summed E-state index contributed by atoms with van der Waals surface area (Å²) in [4.78, 5) is 30.6. The first kappa shape index (κ1) is 17.7. The number of anilines is 1. The molecule has 6 heteroatoms. The summed E-state index contributed by atoms with van der Waals surface area (Å²) in [6.45, 7) is 0.399. The highest BCUT2D eigenvalue weighted by molar-refractivity contribution is 6.08. The smallest absolute Gasteiger partial charge is 0.258 e. The van der Waals surface area contributed by atoms with Gasteiger partial charge in [0.25, 0.3) is 11.8 Å². The number of carbonyl (C=O) groups is 2. The predicted octanol–water partition coefficient (Wildman–Crippen LogP) is 2.98. The number of nitrogens with zero attached hydrogens (tertiary/aromatic N) is 2. The zero-order chi connectivity index (χ0) is 19.7. The Morgan fingerprint density at radius 3 is 2.61 bits per heavy atom. The van der Waals surface area contributed by atoms with Crippen molar-refractivity contribution in [2.75, 3.05) is 18.6 Å². The maximum Gasteiger partial charge on any atom is 0.258 e. The molecule has 4 rings (SSSR count). The SMILES string of the molecule is CN(C(=O)c1cc(C(N)=O)c2c(c1)C(c1ccccc1)CO2)c1cccnc1. The van der Waals surface area contributed by atoms with E-state index in [2.05, 4.69) is 4.98 Å². The molecule has 0 saturated heterocycles. The Bertz CT molecular complexity index is 1040. The highest BCUT2D eigenvalue weighted by atomic mass is 16.5. The van der Waals surface area contributed by atoms with Crippen LogP contribution in [0.4, 0.5) is 5.69 Å². The minimum Gasteiger partial charge on any atom is -0.491 e. The number of carbonyl (C=O) groups excluding carboxylic acids is 2. The lowest BCUT2D eigenvalue weighted by Crippen LogP contribution is -2.27. The molecule has 0 spiro atoms. The van der Waals surface area contributed by atoms with Gasteiger partial charge in [0.1, 0.15) is 5.75 Å². The van der Waals surface area contributed by atoms with Gasteiger partial charge in [-0.15, -0.1) is 0 Å². The van der Waals surface area contributed by atoms with Crippen LogP contribution in [0.3, 0.4) is 0 Å². The van der Waals surface area contributed by atoms with Gasteiger partial charge in [-0.25, -0.2) is 0 Å². The van der Waals surface area contributed by atoms with E-state index < -0.39 is 5.91 Å². The molecule has 2 aromatic carbocycles. The van der Waals surface area contributed by atoms with Crippen molar-refractivity contribution in [3.8, 4) is 5.75 Å². The highest BCUT2D eigenvalue weighted by Crippen LogP contribution is 2.41. The van der Waals surface area contributed by atoms with Crippen molar-refractivity contribution in [2.45, 2.75) is 5.92 Å². The van der Waals surface area contributed by atoms with Gasteiger partial charge in [0.05, 0.1) is 24.1 Å². The van der Waals surface area contributed by atoms with Crippen molar-refractivity contribution in [2.24, 2.45) is 5.73 Å². The van der Waals surface area contributed by atoms with Crippen LogP contribution < -0.4 is 15.4 Å². The van der Waals surface area contributed by atoms with E-state index in [1.165, 1.54) is 11.0 Å². The molecule has 1 aromatic heterocycles. The van der Waals surface area contributed by atoms with E-state index in [0.717, 1.165) is 11.1 Å². The van der Waals surface area contributed by atoms with Crippen molar-refractivity contribution in [1.29, 1.82) is 0 Å². The summed E-state index contributed by atoms with van der Waals surface area (Å²) in [6, 6.07) is 16.7. The van der Waals surface area contributed by atoms with Crippen LogP contribution in [0.15, 0.2) is 67.0 Å². The highest BCUT2D eigenvalue weighted by Gasteiger charge is 2.31. The summed E-state index contributed by atoms with van der Waals surface area (Å²) in [7, 11) is 1.67. The third-order valence-corrected chi connectivity index (χ3v) is 4.94. The van der Waals surface area contributed by atoms with E-state index in [9.17, 15) is 9.59 Å². The number of hydrogen-bond donors (Lipinski definition) is 1. The maximum atomic E-state index is 13.1. The summed E-state index contributed by atoms with van der Waals surface area (Å²) < 4.78 is 5.80. The molecule has 1 aliphatic rings. The van der Waals surface area contributed by atoms with Crippen molar-refractivity contribution < 1.29 is 14.3 Å². The maximum absolute atomic E-state index is 13.1. The minimum atomic E-state index is -0.622. The van der Waals surface area contributed by atoms with Crippen molar-refractivity contribution in [3.05, 3.63) is 89.2 Å². The van der Waals surface area contributed by atoms with E-state index in [0.29, 0.717) is 23.6 Å². The summed E-state index contributed by atoms with van der Waals surface area (Å²) in [5, 5.41) is 0. The van der Waals surface area contributed by atoms with Gasteiger partial charge in [0.15, 0.2) is 0 Å². The van der Waals surface area contributed by atoms with Gasteiger partial charge < -0.3 is 15.4 Å². The average molecular weight is 373 g/mol. The predicted molar refractivity (Wildman–Crippen MR) is 106 cm³/mol. The van der Waals surface area contributed by atoms with E-state index in [4.69, 9.17) is 10.5 Å². The fraction of sp³-hybridized carbons (Fsp3) is 0.136. The number of primary amides is 1. The third kappa shape index (κ3) is 3.09. The Morgan fingerprint density at radius 1 is 1.14 bits per heavy atom. The number of amides is 2. The lowest BCUT2D eigenvalue weighted by Gasteiger charge is -2.18. The molecule has 0 radical (unpaired) electrons. The first-order chi connectivity index (χ1) is 13.6. The second-order valence-electron chi connectivity index (χ2n) is 6.66. The molecule has 2 N–H and O–H groups in total. The summed E-state index contributed by atoms with van der Waals surface area (Å²) in [5.41, 5.74) is 8.69. The summed E-state index contributed by atoms with van der Waals surface area (Å²) in [5.74, 6) is -0.478. The van der Waals surface area contributed by atoms with E-state index in [1.807, 2.05) is 30.3 Å². The molecule has 0 aliphatic carbocycles. The zero-order valence-corrected chi connectivity index (χ0v) is 15.3. The third-order valence-electron chi connectivity index (χ3n) is 4.94. The molecule has 0 bridgehead atoms. The van der Waals surface area contributed by atoms with Gasteiger partial charge in [-0.1, -0.05) is 30.3 Å². The van der Waals surface area contributed by atoms with Gasteiger partial charge in [0.2, 0.25) is 0 Å². The molecule has 2 amide bonds. The number of pyridine rings is 1. The van der Waals surface area contributed by atoms with Gasteiger partial charge in [-0.05, 0) is 29.8 Å². The Morgan fingerprint density at radius 2 is 1.93 bits per heavy atom. The molecule has 1 aliphatic heterocycles. The van der Waals surface area contributed by atoms with Crippen molar-refractivity contribution in [1.82, 2.24) is 4.98 Å². The van der Waals surface area contributed by atoms with E-state index in [-0.39, 0.29) is 17.4 Å². The normalized spacial score (nSPS) is 14.8. The molecule has 140 valence electrons. The molecular weight excluding hydrogens is 354 g/mol. The van der Waals surface area contributed by atoms with Gasteiger partial charge in [-0.2, -0.15) is 0 Å². The fourth-order valence-corrected chi connectivity index (χ4v) is 3.46. The summed E-state index contributed by atoms with van der Waals surface area (Å²) >= 11 is 0. The number of fused-ring (bicyclic) bond motifs is 1. The number of nitrogens with two attached hydrogens (primary N) is 1. The summed E-state index contributed by atoms with van der Waals surface area (Å²) in [6.07, 6.45) is 3.25. The van der Waals surface area contributed by atoms with E-state index >= 15 is 0 Å². The van der Waals surface area contributed by atoms with Crippen LogP contribution in [0.1, 0.15) is 37.8 Å². The van der Waals surface area contributed by atoms with Crippen molar-refractivity contribution >= 4 is 17.5 Å². The van der Waals surface area contributed by atoms with Gasteiger partial charge >= 0.3 is 0 Å². The van der Waals surface area contributed by atoms with Gasteiger partial charge in [0, 0.05) is 30.3 Å².